The molecule has 1 N–H and O–H groups in total. The summed E-state index contributed by atoms with van der Waals surface area (Å²) in [6, 6.07) is 10.3. The van der Waals surface area contributed by atoms with Gasteiger partial charge in [-0.2, -0.15) is 0 Å². The Morgan fingerprint density at radius 1 is 1.29 bits per heavy atom. The van der Waals surface area contributed by atoms with Crippen LogP contribution in [0.5, 0.6) is 0 Å². The van der Waals surface area contributed by atoms with Gasteiger partial charge < -0.3 is 5.32 Å². The van der Waals surface area contributed by atoms with E-state index in [1.165, 1.54) is 30.4 Å². The van der Waals surface area contributed by atoms with Crippen LogP contribution in [0.15, 0.2) is 24.3 Å². The number of hydrogen-bond acceptors (Lipinski definition) is 1. The molecule has 0 aliphatic heterocycles. The third-order valence-corrected chi connectivity index (χ3v) is 2.90. The van der Waals surface area contributed by atoms with E-state index in [0.717, 1.165) is 6.04 Å². The second kappa shape index (κ2) is 4.14. The molecule has 0 unspecified atom stereocenters. The maximum Gasteiger partial charge on any atom is 0.0320 e. The molecule has 0 spiro atoms. The molecule has 1 aromatic carbocycles. The van der Waals surface area contributed by atoms with E-state index in [4.69, 9.17) is 0 Å². The van der Waals surface area contributed by atoms with Crippen molar-refractivity contribution in [3.8, 4) is 0 Å². The molecule has 0 radical (unpaired) electrons. The first-order valence-electron chi connectivity index (χ1n) is 5.62. The highest BCUT2D eigenvalue weighted by Crippen LogP contribution is 2.25. The Kier molecular flexibility index (Phi) is 2.87. The third kappa shape index (κ3) is 2.36. The lowest BCUT2D eigenvalue weighted by molar-refractivity contribution is 0.516. The summed E-state index contributed by atoms with van der Waals surface area (Å²) in [6.45, 7) is 4.39. The largest absolute Gasteiger partial charge is 0.307 e. The first-order chi connectivity index (χ1) is 6.79. The van der Waals surface area contributed by atoms with Crippen molar-refractivity contribution in [3.63, 3.8) is 0 Å². The average Bonchev–Trinajstić information content (AvgIpc) is 3.00. The Labute approximate surface area is 86.5 Å². The molecule has 1 heteroatoms. The summed E-state index contributed by atoms with van der Waals surface area (Å²) in [7, 11) is 0. The minimum atomic E-state index is 0.558. The highest BCUT2D eigenvalue weighted by molar-refractivity contribution is 5.24. The lowest BCUT2D eigenvalue weighted by Crippen LogP contribution is -2.22. The molecule has 1 nitrogen and oxygen atoms in total. The van der Waals surface area contributed by atoms with Crippen molar-refractivity contribution < 1.29 is 0 Å². The number of rotatable bonds is 4. The smallest absolute Gasteiger partial charge is 0.0320 e. The van der Waals surface area contributed by atoms with E-state index in [0.29, 0.717) is 6.04 Å². The molecular weight excluding hydrogens is 170 g/mol. The van der Waals surface area contributed by atoms with Crippen LogP contribution >= 0.6 is 0 Å². The Bertz CT molecular complexity index is 285. The lowest BCUT2D eigenvalue weighted by Gasteiger charge is -2.17. The lowest BCUT2D eigenvalue weighted by atomic mass is 10.0. The molecule has 14 heavy (non-hydrogen) atoms. The molecule has 0 bridgehead atoms. The third-order valence-electron chi connectivity index (χ3n) is 2.90. The Morgan fingerprint density at radius 3 is 2.43 bits per heavy atom. The summed E-state index contributed by atoms with van der Waals surface area (Å²) >= 11 is 0. The summed E-state index contributed by atoms with van der Waals surface area (Å²) in [6.07, 6.45) is 3.91. The molecule has 2 rings (SSSR count). The van der Waals surface area contributed by atoms with Crippen molar-refractivity contribution in [1.29, 1.82) is 0 Å². The molecule has 1 atom stereocenters. The second-order valence-electron chi connectivity index (χ2n) is 4.31. The van der Waals surface area contributed by atoms with Crippen LogP contribution in [-0.4, -0.2) is 6.04 Å². The fourth-order valence-electron chi connectivity index (χ4n) is 1.78. The van der Waals surface area contributed by atoms with Crippen LogP contribution in [0.3, 0.4) is 0 Å². The molecule has 1 aromatic rings. The standard InChI is InChI=1S/C13H19N/c1-3-13(14-12-8-9-12)11-6-4-10(2)5-7-11/h4-7,12-14H,3,8-9H2,1-2H3/t13-/m1/s1. The van der Waals surface area contributed by atoms with Gasteiger partial charge in [-0.3, -0.25) is 0 Å². The monoisotopic (exact) mass is 189 g/mol. The zero-order valence-electron chi connectivity index (χ0n) is 9.09. The van der Waals surface area contributed by atoms with Gasteiger partial charge >= 0.3 is 0 Å². The predicted octanol–water partition coefficient (Wildman–Crippen LogP) is 3.20. The van der Waals surface area contributed by atoms with E-state index in [1.807, 2.05) is 0 Å². The van der Waals surface area contributed by atoms with Gasteiger partial charge in [0.05, 0.1) is 0 Å². The van der Waals surface area contributed by atoms with Crippen molar-refractivity contribution in [2.45, 2.75) is 45.2 Å². The summed E-state index contributed by atoms with van der Waals surface area (Å²) < 4.78 is 0. The Morgan fingerprint density at radius 2 is 1.93 bits per heavy atom. The summed E-state index contributed by atoms with van der Waals surface area (Å²) in [5.41, 5.74) is 2.78. The molecule has 0 amide bonds. The molecule has 0 saturated heterocycles. The number of aryl methyl sites for hydroxylation is 1. The normalized spacial score (nSPS) is 18.1. The van der Waals surface area contributed by atoms with Gasteiger partial charge in [-0.1, -0.05) is 36.8 Å². The van der Waals surface area contributed by atoms with E-state index in [2.05, 4.69) is 43.4 Å². The molecule has 0 aromatic heterocycles. The molecular formula is C13H19N. The van der Waals surface area contributed by atoms with Crippen LogP contribution in [0, 0.1) is 6.92 Å². The van der Waals surface area contributed by atoms with Crippen LogP contribution in [0.2, 0.25) is 0 Å². The SMILES string of the molecule is CC[C@@H](NC1CC1)c1ccc(C)cc1. The fourth-order valence-corrected chi connectivity index (χ4v) is 1.78. The zero-order chi connectivity index (χ0) is 9.97. The van der Waals surface area contributed by atoms with Crippen molar-refractivity contribution in [2.75, 3.05) is 0 Å². The van der Waals surface area contributed by atoms with E-state index >= 15 is 0 Å². The van der Waals surface area contributed by atoms with Crippen molar-refractivity contribution >= 4 is 0 Å². The van der Waals surface area contributed by atoms with Gasteiger partial charge in [-0.25, -0.2) is 0 Å². The van der Waals surface area contributed by atoms with Gasteiger partial charge in [-0.05, 0) is 31.7 Å². The van der Waals surface area contributed by atoms with Gasteiger partial charge in [0.25, 0.3) is 0 Å². The highest BCUT2D eigenvalue weighted by Gasteiger charge is 2.24. The number of benzene rings is 1. The Balaban J connectivity index is 2.05. The van der Waals surface area contributed by atoms with Crippen molar-refractivity contribution in [2.24, 2.45) is 0 Å². The second-order valence-corrected chi connectivity index (χ2v) is 4.31. The van der Waals surface area contributed by atoms with Crippen molar-refractivity contribution in [1.82, 2.24) is 5.32 Å². The van der Waals surface area contributed by atoms with Crippen LogP contribution in [0.4, 0.5) is 0 Å². The maximum absolute atomic E-state index is 3.68. The van der Waals surface area contributed by atoms with Crippen LogP contribution < -0.4 is 5.32 Å². The molecule has 0 heterocycles. The van der Waals surface area contributed by atoms with Crippen LogP contribution in [0.25, 0.3) is 0 Å². The topological polar surface area (TPSA) is 12.0 Å². The van der Waals surface area contributed by atoms with Crippen LogP contribution in [0.1, 0.15) is 43.4 Å². The molecule has 1 aliphatic carbocycles. The van der Waals surface area contributed by atoms with Gasteiger partial charge in [0.2, 0.25) is 0 Å². The number of nitrogens with one attached hydrogen (secondary N) is 1. The Hall–Kier alpha value is -0.820. The first kappa shape index (κ1) is 9.72. The summed E-state index contributed by atoms with van der Waals surface area (Å²) in [5.74, 6) is 0. The van der Waals surface area contributed by atoms with Gasteiger partial charge in [0.15, 0.2) is 0 Å². The van der Waals surface area contributed by atoms with Gasteiger partial charge in [0.1, 0.15) is 0 Å². The summed E-state index contributed by atoms with van der Waals surface area (Å²) in [4.78, 5) is 0. The molecule has 76 valence electrons. The zero-order valence-corrected chi connectivity index (χ0v) is 9.09. The average molecular weight is 189 g/mol. The highest BCUT2D eigenvalue weighted by atomic mass is 15.0. The predicted molar refractivity (Wildman–Crippen MR) is 60.4 cm³/mol. The van der Waals surface area contributed by atoms with Crippen LogP contribution in [-0.2, 0) is 0 Å². The fraction of sp³-hybridized carbons (Fsp3) is 0.538. The first-order valence-corrected chi connectivity index (χ1v) is 5.62. The van der Waals surface area contributed by atoms with E-state index < -0.39 is 0 Å². The van der Waals surface area contributed by atoms with Crippen molar-refractivity contribution in [3.05, 3.63) is 35.4 Å². The number of hydrogen-bond donors (Lipinski definition) is 1. The van der Waals surface area contributed by atoms with E-state index in [9.17, 15) is 0 Å². The van der Waals surface area contributed by atoms with E-state index in [-0.39, 0.29) is 0 Å². The molecule has 1 aliphatic rings. The summed E-state index contributed by atoms with van der Waals surface area (Å²) in [5, 5.41) is 3.68. The molecule has 1 fully saturated rings. The quantitative estimate of drug-likeness (QED) is 0.767. The molecule has 1 saturated carbocycles. The van der Waals surface area contributed by atoms with Gasteiger partial charge in [-0.15, -0.1) is 0 Å². The van der Waals surface area contributed by atoms with Gasteiger partial charge in [0, 0.05) is 12.1 Å². The minimum Gasteiger partial charge on any atom is -0.307 e. The maximum atomic E-state index is 3.68. The minimum absolute atomic E-state index is 0.558. The van der Waals surface area contributed by atoms with E-state index in [1.54, 1.807) is 0 Å².